The normalized spacial score (nSPS) is 10.9. The highest BCUT2D eigenvalue weighted by atomic mass is 32.1. The third-order valence-corrected chi connectivity index (χ3v) is 5.91. The average Bonchev–Trinajstić information content (AvgIpc) is 3.32. The van der Waals surface area contributed by atoms with Crippen LogP contribution in [0.3, 0.4) is 0 Å². The molecule has 3 heterocycles. The minimum absolute atomic E-state index is 0.263. The lowest BCUT2D eigenvalue weighted by Gasteiger charge is -2.22. The fraction of sp³-hybridized carbons (Fsp3) is 0.320. The van der Waals surface area contributed by atoms with E-state index in [0.717, 1.165) is 41.8 Å². The van der Waals surface area contributed by atoms with Gasteiger partial charge < -0.3 is 15.0 Å². The number of benzene rings is 1. The molecule has 0 aliphatic carbocycles. The Bertz CT molecular complexity index is 1220. The fourth-order valence-corrected chi connectivity index (χ4v) is 4.25. The van der Waals surface area contributed by atoms with E-state index in [2.05, 4.69) is 44.0 Å². The van der Waals surface area contributed by atoms with Gasteiger partial charge in [0.25, 0.3) is 5.91 Å². The predicted octanol–water partition coefficient (Wildman–Crippen LogP) is 4.98. The zero-order chi connectivity index (χ0) is 23.8. The van der Waals surface area contributed by atoms with Crippen LogP contribution in [0.5, 0.6) is 5.88 Å². The van der Waals surface area contributed by atoms with Gasteiger partial charge in [-0.3, -0.25) is 9.78 Å². The molecule has 0 aliphatic heterocycles. The lowest BCUT2D eigenvalue weighted by molar-refractivity contribution is 0.102. The number of anilines is 2. The Hall–Kier alpha value is -3.59. The van der Waals surface area contributed by atoms with Crippen molar-refractivity contribution < 1.29 is 9.53 Å². The van der Waals surface area contributed by atoms with Crippen molar-refractivity contribution in [3.8, 4) is 5.88 Å². The van der Waals surface area contributed by atoms with E-state index < -0.39 is 0 Å². The molecule has 0 saturated carbocycles. The van der Waals surface area contributed by atoms with E-state index >= 15 is 0 Å². The number of hydrogen-bond donors (Lipinski definition) is 1. The molecule has 0 spiro atoms. The summed E-state index contributed by atoms with van der Waals surface area (Å²) in [5.74, 6) is 0.568. The van der Waals surface area contributed by atoms with Gasteiger partial charge in [0.1, 0.15) is 5.69 Å². The van der Waals surface area contributed by atoms with Crippen molar-refractivity contribution in [2.75, 3.05) is 29.9 Å². The molecule has 1 aromatic carbocycles. The first kappa shape index (κ1) is 23.6. The molecule has 0 aliphatic rings. The van der Waals surface area contributed by atoms with Crippen LogP contribution in [0.15, 0.2) is 54.2 Å². The number of hydrogen-bond acceptors (Lipinski definition) is 8. The Balaban J connectivity index is 1.56. The Morgan fingerprint density at radius 3 is 2.68 bits per heavy atom. The molecule has 9 heteroatoms. The highest BCUT2D eigenvalue weighted by Crippen LogP contribution is 2.23. The first-order valence-corrected chi connectivity index (χ1v) is 12.4. The van der Waals surface area contributed by atoms with Crippen LogP contribution < -0.4 is 15.0 Å². The zero-order valence-electron chi connectivity index (χ0n) is 19.4. The van der Waals surface area contributed by atoms with Gasteiger partial charge >= 0.3 is 0 Å². The van der Waals surface area contributed by atoms with E-state index in [4.69, 9.17) is 4.74 Å². The van der Waals surface area contributed by atoms with Crippen LogP contribution in [0.25, 0.3) is 10.2 Å². The second-order valence-electron chi connectivity index (χ2n) is 7.79. The van der Waals surface area contributed by atoms with Gasteiger partial charge in [-0.15, -0.1) is 11.3 Å². The Morgan fingerprint density at radius 1 is 1.06 bits per heavy atom. The van der Waals surface area contributed by atoms with Crippen molar-refractivity contribution in [1.82, 2.24) is 19.9 Å². The summed E-state index contributed by atoms with van der Waals surface area (Å²) in [7, 11) is 0. The molecular formula is C25H28N6O2S. The molecule has 0 atom stereocenters. The van der Waals surface area contributed by atoms with E-state index in [1.807, 2.05) is 36.4 Å². The number of ether oxygens (including phenoxy) is 1. The maximum atomic E-state index is 13.1. The maximum absolute atomic E-state index is 13.1. The molecule has 4 rings (SSSR count). The van der Waals surface area contributed by atoms with Gasteiger partial charge in [0, 0.05) is 43.2 Å². The van der Waals surface area contributed by atoms with Gasteiger partial charge in [-0.1, -0.05) is 19.9 Å². The van der Waals surface area contributed by atoms with E-state index in [1.54, 1.807) is 17.8 Å². The minimum Gasteiger partial charge on any atom is -0.477 e. The second kappa shape index (κ2) is 11.5. The molecule has 0 saturated heterocycles. The lowest BCUT2D eigenvalue weighted by Crippen LogP contribution is -2.28. The third kappa shape index (κ3) is 6.05. The average molecular weight is 477 g/mol. The number of rotatable bonds is 11. The number of amides is 1. The summed E-state index contributed by atoms with van der Waals surface area (Å²) in [5.41, 5.74) is 4.59. The highest BCUT2D eigenvalue weighted by Gasteiger charge is 2.17. The van der Waals surface area contributed by atoms with Crippen molar-refractivity contribution in [3.63, 3.8) is 0 Å². The summed E-state index contributed by atoms with van der Waals surface area (Å²) in [6.07, 6.45) is 4.30. The number of aromatic nitrogens is 4. The van der Waals surface area contributed by atoms with Crippen molar-refractivity contribution in [2.24, 2.45) is 0 Å². The first-order valence-electron chi connectivity index (χ1n) is 11.5. The smallest absolute Gasteiger partial charge is 0.274 e. The van der Waals surface area contributed by atoms with E-state index in [0.29, 0.717) is 30.5 Å². The number of pyridine rings is 1. The Labute approximate surface area is 203 Å². The first-order chi connectivity index (χ1) is 16.7. The van der Waals surface area contributed by atoms with Gasteiger partial charge in [-0.05, 0) is 43.2 Å². The van der Waals surface area contributed by atoms with Crippen molar-refractivity contribution in [2.45, 2.75) is 33.1 Å². The van der Waals surface area contributed by atoms with Crippen LogP contribution in [0, 0.1) is 0 Å². The standard InChI is InChI=1S/C25H28N6O2S/c1-3-12-31(13-4-2)25-29-21(16-23(30-25)33-14-10-18-7-5-6-11-26-18)24(32)28-19-8-9-20-22(15-19)34-17-27-20/h5-9,11,15-17H,3-4,10,12-14H2,1-2H3,(H,28,32). The fourth-order valence-electron chi connectivity index (χ4n) is 3.53. The molecule has 0 bridgehead atoms. The van der Waals surface area contributed by atoms with Crippen molar-refractivity contribution in [1.29, 1.82) is 0 Å². The molecule has 4 aromatic rings. The molecule has 34 heavy (non-hydrogen) atoms. The van der Waals surface area contributed by atoms with Crippen LogP contribution in [0.4, 0.5) is 11.6 Å². The molecule has 8 nitrogen and oxygen atoms in total. The number of nitrogens with zero attached hydrogens (tertiary/aromatic N) is 5. The largest absolute Gasteiger partial charge is 0.477 e. The molecule has 176 valence electrons. The minimum atomic E-state index is -0.310. The number of fused-ring (bicyclic) bond motifs is 1. The molecule has 0 fully saturated rings. The lowest BCUT2D eigenvalue weighted by atomic mass is 10.2. The van der Waals surface area contributed by atoms with Gasteiger partial charge in [0.2, 0.25) is 11.8 Å². The van der Waals surface area contributed by atoms with Crippen LogP contribution in [-0.4, -0.2) is 45.5 Å². The van der Waals surface area contributed by atoms with Gasteiger partial charge in [0.15, 0.2) is 0 Å². The third-order valence-electron chi connectivity index (χ3n) is 5.12. The maximum Gasteiger partial charge on any atom is 0.274 e. The van der Waals surface area contributed by atoms with Gasteiger partial charge in [-0.2, -0.15) is 4.98 Å². The van der Waals surface area contributed by atoms with Crippen LogP contribution in [0.1, 0.15) is 42.9 Å². The summed E-state index contributed by atoms with van der Waals surface area (Å²) < 4.78 is 6.95. The zero-order valence-corrected chi connectivity index (χ0v) is 20.2. The van der Waals surface area contributed by atoms with Crippen LogP contribution >= 0.6 is 11.3 Å². The van der Waals surface area contributed by atoms with E-state index in [9.17, 15) is 4.79 Å². The van der Waals surface area contributed by atoms with Crippen molar-refractivity contribution in [3.05, 3.63) is 65.6 Å². The molecule has 0 unspecified atom stereocenters. The molecular weight excluding hydrogens is 448 g/mol. The number of carbonyl (C=O) groups is 1. The van der Waals surface area contributed by atoms with E-state index in [1.165, 1.54) is 11.3 Å². The van der Waals surface area contributed by atoms with E-state index in [-0.39, 0.29) is 11.6 Å². The summed E-state index contributed by atoms with van der Waals surface area (Å²) in [5, 5.41) is 2.95. The highest BCUT2D eigenvalue weighted by molar-refractivity contribution is 7.16. The summed E-state index contributed by atoms with van der Waals surface area (Å²) in [6, 6.07) is 13.0. The summed E-state index contributed by atoms with van der Waals surface area (Å²) in [6.45, 7) is 6.22. The van der Waals surface area contributed by atoms with Gasteiger partial charge in [-0.25, -0.2) is 9.97 Å². The number of nitrogens with one attached hydrogen (secondary N) is 1. The predicted molar refractivity (Wildman–Crippen MR) is 136 cm³/mol. The van der Waals surface area contributed by atoms with Crippen LogP contribution in [-0.2, 0) is 6.42 Å². The Morgan fingerprint density at radius 2 is 1.91 bits per heavy atom. The molecule has 0 radical (unpaired) electrons. The Kier molecular flexibility index (Phi) is 7.98. The molecule has 1 N–H and O–H groups in total. The van der Waals surface area contributed by atoms with Gasteiger partial charge in [0.05, 0.1) is 22.3 Å². The van der Waals surface area contributed by atoms with Crippen molar-refractivity contribution >= 4 is 39.1 Å². The second-order valence-corrected chi connectivity index (χ2v) is 8.67. The summed E-state index contributed by atoms with van der Waals surface area (Å²) >= 11 is 1.53. The molecule has 1 amide bonds. The summed E-state index contributed by atoms with van der Waals surface area (Å²) in [4.78, 5) is 33.0. The topological polar surface area (TPSA) is 93.1 Å². The molecule has 3 aromatic heterocycles. The van der Waals surface area contributed by atoms with Crippen LogP contribution in [0.2, 0.25) is 0 Å². The number of carbonyl (C=O) groups excluding carboxylic acids is 1. The monoisotopic (exact) mass is 476 g/mol. The SMILES string of the molecule is CCCN(CCC)c1nc(OCCc2ccccn2)cc(C(=O)Nc2ccc3ncsc3c2)n1. The quantitative estimate of drug-likeness (QED) is 0.326. The number of thiazole rings is 1.